The molecule has 0 bridgehead atoms. The summed E-state index contributed by atoms with van der Waals surface area (Å²) in [6.07, 6.45) is 2.27. The Labute approximate surface area is 240 Å². The Hall–Kier alpha value is -3.57. The van der Waals surface area contributed by atoms with Gasteiger partial charge in [0.1, 0.15) is 24.4 Å². The zero-order valence-corrected chi connectivity index (χ0v) is 23.0. The van der Waals surface area contributed by atoms with Crippen molar-refractivity contribution in [2.75, 3.05) is 13.7 Å². The number of ether oxygens (including phenoxy) is 6. The molecule has 0 saturated carbocycles. The van der Waals surface area contributed by atoms with Crippen molar-refractivity contribution in [2.45, 2.75) is 57.1 Å². The van der Waals surface area contributed by atoms with Gasteiger partial charge in [-0.05, 0) is 42.0 Å². The van der Waals surface area contributed by atoms with Gasteiger partial charge in [0, 0.05) is 25.7 Å². The van der Waals surface area contributed by atoms with Crippen LogP contribution in [0.3, 0.4) is 0 Å². The number of benzene rings is 1. The standard InChI is InChI=1S/C32H35N3O6/c1-36-32-31(40-22-27-15-7-10-18-35-27)30(39-21-26-14-6-9-17-34-26)29(38-19-24-11-3-2-4-12-24)28(41-32)23-37-20-25-13-5-8-16-33-25/h2-18,28-32H,19-23H2,1H3/t28-,29-,30+,31+,32+/m1/s1. The molecule has 5 rings (SSSR count). The SMILES string of the molecule is CO[C@H]1O[C@H](COCc2ccccn2)[C@@H](OCc2ccccc2)[C@H](OCc2ccccn2)[C@@H]1OCc1ccccn1. The Morgan fingerprint density at radius 1 is 0.585 bits per heavy atom. The minimum absolute atomic E-state index is 0.242. The van der Waals surface area contributed by atoms with Gasteiger partial charge in [0.2, 0.25) is 0 Å². The summed E-state index contributed by atoms with van der Waals surface area (Å²) < 4.78 is 37.8. The van der Waals surface area contributed by atoms with Gasteiger partial charge >= 0.3 is 0 Å². The van der Waals surface area contributed by atoms with Crippen LogP contribution in [0.25, 0.3) is 0 Å². The highest BCUT2D eigenvalue weighted by molar-refractivity contribution is 5.14. The molecule has 0 amide bonds. The van der Waals surface area contributed by atoms with E-state index in [1.54, 1.807) is 25.7 Å². The van der Waals surface area contributed by atoms with Gasteiger partial charge in [0.15, 0.2) is 6.29 Å². The van der Waals surface area contributed by atoms with Crippen LogP contribution in [0.15, 0.2) is 104 Å². The summed E-state index contributed by atoms with van der Waals surface area (Å²) in [7, 11) is 1.59. The van der Waals surface area contributed by atoms with Crippen LogP contribution in [0.1, 0.15) is 22.6 Å². The average Bonchev–Trinajstić information content (AvgIpc) is 3.04. The molecule has 1 fully saturated rings. The Morgan fingerprint density at radius 3 is 1.68 bits per heavy atom. The molecule has 214 valence electrons. The molecule has 41 heavy (non-hydrogen) atoms. The lowest BCUT2D eigenvalue weighted by atomic mass is 9.98. The van der Waals surface area contributed by atoms with E-state index >= 15 is 0 Å². The second kappa shape index (κ2) is 15.4. The van der Waals surface area contributed by atoms with Crippen LogP contribution in [0.4, 0.5) is 0 Å². The smallest absolute Gasteiger partial charge is 0.186 e. The van der Waals surface area contributed by atoms with Crippen LogP contribution < -0.4 is 0 Å². The molecule has 0 radical (unpaired) electrons. The number of hydrogen-bond donors (Lipinski definition) is 0. The highest BCUT2D eigenvalue weighted by Gasteiger charge is 2.48. The van der Waals surface area contributed by atoms with Gasteiger partial charge in [-0.1, -0.05) is 48.5 Å². The molecule has 4 heterocycles. The summed E-state index contributed by atoms with van der Waals surface area (Å²) in [4.78, 5) is 13.2. The fraction of sp³-hybridized carbons (Fsp3) is 0.344. The zero-order valence-electron chi connectivity index (χ0n) is 23.0. The normalized spacial score (nSPS) is 22.4. The second-order valence-corrected chi connectivity index (χ2v) is 9.57. The quantitative estimate of drug-likeness (QED) is 0.222. The lowest BCUT2D eigenvalue weighted by Crippen LogP contribution is -2.61. The van der Waals surface area contributed by atoms with Crippen LogP contribution in [-0.2, 0) is 54.8 Å². The molecule has 9 heteroatoms. The summed E-state index contributed by atoms with van der Waals surface area (Å²) in [6, 6.07) is 27.1. The minimum Gasteiger partial charge on any atom is -0.372 e. The van der Waals surface area contributed by atoms with Crippen LogP contribution in [-0.4, -0.2) is 59.4 Å². The summed E-state index contributed by atoms with van der Waals surface area (Å²) in [5, 5.41) is 0. The van der Waals surface area contributed by atoms with Crippen LogP contribution in [0.5, 0.6) is 0 Å². The predicted molar refractivity (Wildman–Crippen MR) is 150 cm³/mol. The Bertz CT molecular complexity index is 1270. The number of pyridine rings is 3. The molecular formula is C32H35N3O6. The molecule has 0 spiro atoms. The van der Waals surface area contributed by atoms with E-state index in [4.69, 9.17) is 28.4 Å². The molecule has 0 unspecified atom stereocenters. The summed E-state index contributed by atoms with van der Waals surface area (Å²) >= 11 is 0. The largest absolute Gasteiger partial charge is 0.372 e. The number of rotatable bonds is 14. The molecule has 1 aliphatic rings. The molecule has 0 aliphatic carbocycles. The number of nitrogens with zero attached hydrogens (tertiary/aromatic N) is 3. The number of methoxy groups -OCH3 is 1. The van der Waals surface area contributed by atoms with Gasteiger partial charge in [0.25, 0.3) is 0 Å². The van der Waals surface area contributed by atoms with E-state index in [0.717, 1.165) is 22.6 Å². The van der Waals surface area contributed by atoms with E-state index in [2.05, 4.69) is 15.0 Å². The Balaban J connectivity index is 1.38. The van der Waals surface area contributed by atoms with E-state index in [9.17, 15) is 0 Å². The highest BCUT2D eigenvalue weighted by Crippen LogP contribution is 2.31. The highest BCUT2D eigenvalue weighted by atomic mass is 16.7. The molecule has 4 aromatic rings. The molecule has 1 aromatic carbocycles. The van der Waals surface area contributed by atoms with E-state index in [0.29, 0.717) is 13.2 Å². The van der Waals surface area contributed by atoms with Crippen molar-refractivity contribution in [1.82, 2.24) is 15.0 Å². The maximum Gasteiger partial charge on any atom is 0.186 e. The Morgan fingerprint density at radius 2 is 1.12 bits per heavy atom. The summed E-state index contributed by atoms with van der Waals surface area (Å²) in [5.41, 5.74) is 3.44. The first-order valence-electron chi connectivity index (χ1n) is 13.6. The maximum absolute atomic E-state index is 6.54. The van der Waals surface area contributed by atoms with E-state index in [1.807, 2.05) is 84.9 Å². The third-order valence-corrected chi connectivity index (χ3v) is 6.67. The topological polar surface area (TPSA) is 94.1 Å². The molecule has 3 aromatic heterocycles. The molecule has 5 atom stereocenters. The zero-order chi connectivity index (χ0) is 28.1. The number of hydrogen-bond acceptors (Lipinski definition) is 9. The van der Waals surface area contributed by atoms with Gasteiger partial charge in [-0.25, -0.2) is 0 Å². The molecule has 1 aliphatic heterocycles. The van der Waals surface area contributed by atoms with Crippen molar-refractivity contribution in [3.63, 3.8) is 0 Å². The van der Waals surface area contributed by atoms with Gasteiger partial charge in [-0.15, -0.1) is 0 Å². The van der Waals surface area contributed by atoms with Crippen LogP contribution in [0.2, 0.25) is 0 Å². The fourth-order valence-corrected chi connectivity index (χ4v) is 4.63. The summed E-state index contributed by atoms with van der Waals surface area (Å²) in [6.45, 7) is 1.46. The first-order chi connectivity index (χ1) is 20.3. The van der Waals surface area contributed by atoms with Crippen molar-refractivity contribution in [3.8, 4) is 0 Å². The van der Waals surface area contributed by atoms with Crippen molar-refractivity contribution in [1.29, 1.82) is 0 Å². The fourth-order valence-electron chi connectivity index (χ4n) is 4.63. The molecule has 9 nitrogen and oxygen atoms in total. The molecule has 0 N–H and O–H groups in total. The predicted octanol–water partition coefficient (Wildman–Crippen LogP) is 4.52. The van der Waals surface area contributed by atoms with Crippen molar-refractivity contribution in [2.24, 2.45) is 0 Å². The Kier molecular flexibility index (Phi) is 10.9. The second-order valence-electron chi connectivity index (χ2n) is 9.57. The first kappa shape index (κ1) is 28.9. The van der Waals surface area contributed by atoms with Crippen LogP contribution in [0, 0.1) is 0 Å². The third-order valence-electron chi connectivity index (χ3n) is 6.67. The summed E-state index contributed by atoms with van der Waals surface area (Å²) in [5.74, 6) is 0. The molecule has 1 saturated heterocycles. The maximum atomic E-state index is 6.54. The van der Waals surface area contributed by atoms with Crippen molar-refractivity contribution in [3.05, 3.63) is 126 Å². The van der Waals surface area contributed by atoms with Gasteiger partial charge in [-0.3, -0.25) is 15.0 Å². The van der Waals surface area contributed by atoms with E-state index in [1.165, 1.54) is 0 Å². The minimum atomic E-state index is -0.729. The van der Waals surface area contributed by atoms with Gasteiger partial charge in [0.05, 0.1) is 50.1 Å². The van der Waals surface area contributed by atoms with E-state index in [-0.39, 0.29) is 19.8 Å². The van der Waals surface area contributed by atoms with Crippen molar-refractivity contribution < 1.29 is 28.4 Å². The monoisotopic (exact) mass is 557 g/mol. The average molecular weight is 558 g/mol. The first-order valence-corrected chi connectivity index (χ1v) is 13.6. The van der Waals surface area contributed by atoms with Crippen molar-refractivity contribution >= 4 is 0 Å². The third kappa shape index (κ3) is 8.46. The van der Waals surface area contributed by atoms with Gasteiger partial charge < -0.3 is 28.4 Å². The lowest BCUT2D eigenvalue weighted by molar-refractivity contribution is -0.323. The van der Waals surface area contributed by atoms with Gasteiger partial charge in [-0.2, -0.15) is 0 Å². The number of aromatic nitrogens is 3. The lowest BCUT2D eigenvalue weighted by Gasteiger charge is -2.45. The van der Waals surface area contributed by atoms with E-state index < -0.39 is 30.7 Å². The van der Waals surface area contributed by atoms with Crippen LogP contribution >= 0.6 is 0 Å². The molecular weight excluding hydrogens is 522 g/mol.